The maximum atomic E-state index is 5.92. The van der Waals surface area contributed by atoms with Crippen molar-refractivity contribution in [2.75, 3.05) is 39.6 Å². The van der Waals surface area contributed by atoms with E-state index in [1.54, 1.807) is 0 Å². The lowest BCUT2D eigenvalue weighted by atomic mass is 10.1. The van der Waals surface area contributed by atoms with Crippen LogP contribution in [0.3, 0.4) is 0 Å². The minimum atomic E-state index is 0.284. The van der Waals surface area contributed by atoms with Gasteiger partial charge in [-0.05, 0) is 19.3 Å². The summed E-state index contributed by atoms with van der Waals surface area (Å²) in [5.41, 5.74) is 0. The van der Waals surface area contributed by atoms with Crippen LogP contribution in [0.2, 0.25) is 0 Å². The molecule has 1 atom stereocenters. The molecule has 0 aliphatic carbocycles. The van der Waals surface area contributed by atoms with E-state index >= 15 is 0 Å². The van der Waals surface area contributed by atoms with Gasteiger partial charge in [-0.1, -0.05) is 19.8 Å². The molecule has 2 aliphatic heterocycles. The van der Waals surface area contributed by atoms with Crippen molar-refractivity contribution in [3.05, 3.63) is 0 Å². The van der Waals surface area contributed by atoms with Gasteiger partial charge in [0.1, 0.15) is 6.79 Å². The third kappa shape index (κ3) is 4.84. The van der Waals surface area contributed by atoms with E-state index in [2.05, 4.69) is 11.8 Å². The third-order valence-electron chi connectivity index (χ3n) is 3.79. The van der Waals surface area contributed by atoms with Gasteiger partial charge >= 0.3 is 0 Å². The molecule has 1 unspecified atom stereocenters. The molecule has 0 amide bonds. The summed E-state index contributed by atoms with van der Waals surface area (Å²) < 4.78 is 16.6. The van der Waals surface area contributed by atoms with Crippen LogP contribution in [-0.4, -0.2) is 56.7 Å². The van der Waals surface area contributed by atoms with Crippen LogP contribution in [-0.2, 0) is 14.2 Å². The Morgan fingerprint density at radius 1 is 1.22 bits per heavy atom. The van der Waals surface area contributed by atoms with E-state index in [0.717, 1.165) is 32.8 Å². The third-order valence-corrected chi connectivity index (χ3v) is 3.79. The predicted octanol–water partition coefficient (Wildman–Crippen LogP) is 2.03. The molecule has 0 aromatic carbocycles. The first-order valence-electron chi connectivity index (χ1n) is 7.41. The van der Waals surface area contributed by atoms with Gasteiger partial charge in [0.2, 0.25) is 0 Å². The molecule has 106 valence electrons. The Balaban J connectivity index is 1.53. The van der Waals surface area contributed by atoms with Crippen molar-refractivity contribution in [1.82, 2.24) is 4.90 Å². The zero-order valence-electron chi connectivity index (χ0n) is 11.6. The van der Waals surface area contributed by atoms with Gasteiger partial charge < -0.3 is 19.1 Å². The zero-order chi connectivity index (χ0) is 12.6. The summed E-state index contributed by atoms with van der Waals surface area (Å²) in [6.45, 7) is 7.69. The molecule has 4 nitrogen and oxygen atoms in total. The Hall–Kier alpha value is -0.160. The van der Waals surface area contributed by atoms with Crippen molar-refractivity contribution in [1.29, 1.82) is 0 Å². The van der Waals surface area contributed by atoms with Gasteiger partial charge in [0.25, 0.3) is 0 Å². The van der Waals surface area contributed by atoms with Crippen molar-refractivity contribution in [3.8, 4) is 0 Å². The van der Waals surface area contributed by atoms with E-state index in [4.69, 9.17) is 14.2 Å². The molecule has 0 aromatic rings. The van der Waals surface area contributed by atoms with Gasteiger partial charge in [0, 0.05) is 26.2 Å². The molecule has 0 spiro atoms. The normalized spacial score (nSPS) is 26.8. The maximum Gasteiger partial charge on any atom is 0.147 e. The second kappa shape index (κ2) is 8.10. The van der Waals surface area contributed by atoms with Crippen LogP contribution in [0.1, 0.15) is 39.0 Å². The van der Waals surface area contributed by atoms with Crippen molar-refractivity contribution in [2.24, 2.45) is 0 Å². The number of rotatable bonds is 7. The fourth-order valence-electron chi connectivity index (χ4n) is 2.63. The maximum absolute atomic E-state index is 5.92. The molecule has 2 rings (SSSR count). The highest BCUT2D eigenvalue weighted by Gasteiger charge is 2.24. The second-order valence-corrected chi connectivity index (χ2v) is 5.36. The highest BCUT2D eigenvalue weighted by molar-refractivity contribution is 4.75. The van der Waals surface area contributed by atoms with Gasteiger partial charge in [0.15, 0.2) is 0 Å². The summed E-state index contributed by atoms with van der Waals surface area (Å²) in [7, 11) is 0. The van der Waals surface area contributed by atoms with E-state index < -0.39 is 0 Å². The van der Waals surface area contributed by atoms with E-state index in [0.29, 0.717) is 12.9 Å². The fraction of sp³-hybridized carbons (Fsp3) is 1.00. The topological polar surface area (TPSA) is 30.9 Å². The molecular formula is C14H27NO3. The molecular weight excluding hydrogens is 230 g/mol. The summed E-state index contributed by atoms with van der Waals surface area (Å²) in [5.74, 6) is 0. The molecule has 0 N–H and O–H groups in total. The van der Waals surface area contributed by atoms with Gasteiger partial charge in [0.05, 0.1) is 18.8 Å². The number of ether oxygens (including phenoxy) is 3. The number of piperidine rings is 1. The first-order valence-corrected chi connectivity index (χ1v) is 7.41. The SMILES string of the molecule is CCCCCOC1CCN(CC2COCO2)CC1. The van der Waals surface area contributed by atoms with Crippen molar-refractivity contribution in [2.45, 2.75) is 51.2 Å². The molecule has 0 saturated carbocycles. The first kappa shape index (κ1) is 14.3. The quantitative estimate of drug-likeness (QED) is 0.653. The van der Waals surface area contributed by atoms with Gasteiger partial charge in [-0.15, -0.1) is 0 Å². The van der Waals surface area contributed by atoms with Gasteiger partial charge in [-0.3, -0.25) is 0 Å². The number of nitrogens with zero attached hydrogens (tertiary/aromatic N) is 1. The lowest BCUT2D eigenvalue weighted by Crippen LogP contribution is -2.41. The predicted molar refractivity (Wildman–Crippen MR) is 70.6 cm³/mol. The number of hydrogen-bond donors (Lipinski definition) is 0. The van der Waals surface area contributed by atoms with Crippen molar-refractivity contribution < 1.29 is 14.2 Å². The van der Waals surface area contributed by atoms with E-state index in [9.17, 15) is 0 Å². The second-order valence-electron chi connectivity index (χ2n) is 5.36. The molecule has 2 fully saturated rings. The summed E-state index contributed by atoms with van der Waals surface area (Å²) in [6.07, 6.45) is 6.87. The highest BCUT2D eigenvalue weighted by atomic mass is 16.7. The Bertz CT molecular complexity index is 211. The summed E-state index contributed by atoms with van der Waals surface area (Å²) >= 11 is 0. The van der Waals surface area contributed by atoms with Crippen LogP contribution < -0.4 is 0 Å². The molecule has 0 bridgehead atoms. The van der Waals surface area contributed by atoms with Crippen LogP contribution in [0, 0.1) is 0 Å². The first-order chi connectivity index (χ1) is 8.88. The standard InChI is InChI=1S/C14H27NO3/c1-2-3-4-9-17-13-5-7-15(8-6-13)10-14-11-16-12-18-14/h13-14H,2-12H2,1H3. The Morgan fingerprint density at radius 2 is 2.06 bits per heavy atom. The average molecular weight is 257 g/mol. The smallest absolute Gasteiger partial charge is 0.147 e. The minimum Gasteiger partial charge on any atom is -0.378 e. The number of hydrogen-bond acceptors (Lipinski definition) is 4. The van der Waals surface area contributed by atoms with E-state index in [1.165, 1.54) is 32.1 Å². The van der Waals surface area contributed by atoms with Crippen LogP contribution in [0.15, 0.2) is 0 Å². The number of unbranched alkanes of at least 4 members (excludes halogenated alkanes) is 2. The molecule has 18 heavy (non-hydrogen) atoms. The van der Waals surface area contributed by atoms with Crippen LogP contribution in [0.25, 0.3) is 0 Å². The summed E-state index contributed by atoms with van der Waals surface area (Å²) in [5, 5.41) is 0. The molecule has 2 heterocycles. The average Bonchev–Trinajstić information content (AvgIpc) is 2.89. The number of likely N-dealkylation sites (tertiary alicyclic amines) is 1. The minimum absolute atomic E-state index is 0.284. The monoisotopic (exact) mass is 257 g/mol. The Morgan fingerprint density at radius 3 is 2.72 bits per heavy atom. The van der Waals surface area contributed by atoms with Crippen molar-refractivity contribution in [3.63, 3.8) is 0 Å². The lowest BCUT2D eigenvalue weighted by Gasteiger charge is -2.32. The molecule has 4 heteroatoms. The fourth-order valence-corrected chi connectivity index (χ4v) is 2.63. The van der Waals surface area contributed by atoms with E-state index in [-0.39, 0.29) is 6.10 Å². The molecule has 0 aromatic heterocycles. The Labute approximate surface area is 111 Å². The largest absolute Gasteiger partial charge is 0.378 e. The zero-order valence-corrected chi connectivity index (χ0v) is 11.6. The van der Waals surface area contributed by atoms with Gasteiger partial charge in [-0.25, -0.2) is 0 Å². The molecule has 2 aliphatic rings. The van der Waals surface area contributed by atoms with Crippen LogP contribution in [0.5, 0.6) is 0 Å². The summed E-state index contributed by atoms with van der Waals surface area (Å²) in [6, 6.07) is 0. The summed E-state index contributed by atoms with van der Waals surface area (Å²) in [4.78, 5) is 2.48. The Kier molecular flexibility index (Phi) is 6.41. The van der Waals surface area contributed by atoms with Crippen LogP contribution in [0.4, 0.5) is 0 Å². The van der Waals surface area contributed by atoms with Crippen molar-refractivity contribution >= 4 is 0 Å². The highest BCUT2D eigenvalue weighted by Crippen LogP contribution is 2.16. The van der Waals surface area contributed by atoms with E-state index in [1.807, 2.05) is 0 Å². The lowest BCUT2D eigenvalue weighted by molar-refractivity contribution is -0.00834. The van der Waals surface area contributed by atoms with Crippen LogP contribution >= 0.6 is 0 Å². The van der Waals surface area contributed by atoms with Gasteiger partial charge in [-0.2, -0.15) is 0 Å². The molecule has 0 radical (unpaired) electrons. The molecule has 2 saturated heterocycles.